The average molecular weight is 258 g/mol. The predicted octanol–water partition coefficient (Wildman–Crippen LogP) is 3.65. The van der Waals surface area contributed by atoms with Gasteiger partial charge in [-0.1, -0.05) is 11.6 Å². The van der Waals surface area contributed by atoms with Gasteiger partial charge in [-0.2, -0.15) is 0 Å². The van der Waals surface area contributed by atoms with Crippen LogP contribution in [0.5, 0.6) is 0 Å². The summed E-state index contributed by atoms with van der Waals surface area (Å²) in [5.41, 5.74) is 1.79. The van der Waals surface area contributed by atoms with E-state index in [1.807, 2.05) is 18.4 Å². The summed E-state index contributed by atoms with van der Waals surface area (Å²) in [6, 6.07) is 1.98. The Morgan fingerprint density at radius 1 is 1.69 bits per heavy atom. The van der Waals surface area contributed by atoms with E-state index in [2.05, 4.69) is 0 Å². The number of nitrogens with zero attached hydrogens (tertiary/aromatic N) is 1. The van der Waals surface area contributed by atoms with Crippen molar-refractivity contribution in [2.75, 3.05) is 6.61 Å². The number of allylic oxidation sites excluding steroid dienone is 1. The van der Waals surface area contributed by atoms with Gasteiger partial charge in [-0.15, -0.1) is 11.3 Å². The summed E-state index contributed by atoms with van der Waals surface area (Å²) in [5, 5.41) is 2.62. The summed E-state index contributed by atoms with van der Waals surface area (Å²) >= 11 is 7.82. The highest BCUT2D eigenvalue weighted by Gasteiger charge is 2.27. The first-order chi connectivity index (χ1) is 7.65. The number of amides is 1. The van der Waals surface area contributed by atoms with Crippen LogP contribution in [0.2, 0.25) is 0 Å². The largest absolute Gasteiger partial charge is 0.449 e. The molecule has 16 heavy (non-hydrogen) atoms. The van der Waals surface area contributed by atoms with Gasteiger partial charge in [-0.25, -0.2) is 4.79 Å². The highest BCUT2D eigenvalue weighted by Crippen LogP contribution is 2.37. The van der Waals surface area contributed by atoms with Gasteiger partial charge < -0.3 is 4.74 Å². The molecule has 1 aliphatic heterocycles. The zero-order valence-corrected chi connectivity index (χ0v) is 10.7. The fraction of sp³-hybridized carbons (Fsp3) is 0.364. The van der Waals surface area contributed by atoms with E-state index in [4.69, 9.17) is 16.3 Å². The molecule has 2 heterocycles. The number of ether oxygens (including phenoxy) is 1. The molecule has 0 saturated carbocycles. The van der Waals surface area contributed by atoms with Gasteiger partial charge in [-0.3, -0.25) is 4.90 Å². The molecule has 0 radical (unpaired) electrons. The molecule has 5 heteroatoms. The number of carbonyl (C=O) groups excluding carboxylic acids is 1. The van der Waals surface area contributed by atoms with E-state index in [1.165, 1.54) is 0 Å². The van der Waals surface area contributed by atoms with Crippen molar-refractivity contribution in [2.24, 2.45) is 0 Å². The second kappa shape index (κ2) is 4.47. The minimum Gasteiger partial charge on any atom is -0.449 e. The van der Waals surface area contributed by atoms with Gasteiger partial charge in [0.1, 0.15) is 0 Å². The van der Waals surface area contributed by atoms with Gasteiger partial charge in [0, 0.05) is 16.1 Å². The van der Waals surface area contributed by atoms with Crippen LogP contribution in [0.25, 0.3) is 5.03 Å². The zero-order valence-electron chi connectivity index (χ0n) is 9.12. The van der Waals surface area contributed by atoms with Crippen LogP contribution in [-0.2, 0) is 11.3 Å². The first-order valence-electron chi connectivity index (χ1n) is 5.02. The zero-order chi connectivity index (χ0) is 11.7. The van der Waals surface area contributed by atoms with Crippen molar-refractivity contribution in [3.63, 3.8) is 0 Å². The van der Waals surface area contributed by atoms with Crippen molar-refractivity contribution in [3.8, 4) is 0 Å². The van der Waals surface area contributed by atoms with Crippen LogP contribution in [0, 0.1) is 0 Å². The van der Waals surface area contributed by atoms with Crippen LogP contribution in [0.4, 0.5) is 4.79 Å². The van der Waals surface area contributed by atoms with E-state index >= 15 is 0 Å². The Balaban J connectivity index is 2.33. The van der Waals surface area contributed by atoms with E-state index in [0.717, 1.165) is 16.1 Å². The molecule has 0 fully saturated rings. The summed E-state index contributed by atoms with van der Waals surface area (Å²) in [5.74, 6) is 0. The quantitative estimate of drug-likeness (QED) is 0.769. The molecule has 0 unspecified atom stereocenters. The van der Waals surface area contributed by atoms with Crippen LogP contribution in [0.15, 0.2) is 17.1 Å². The van der Waals surface area contributed by atoms with Crippen LogP contribution >= 0.6 is 22.9 Å². The fourth-order valence-electron chi connectivity index (χ4n) is 1.64. The molecule has 0 aromatic carbocycles. The second-order valence-electron chi connectivity index (χ2n) is 3.44. The summed E-state index contributed by atoms with van der Waals surface area (Å²) < 4.78 is 4.99. The number of hydrogen-bond acceptors (Lipinski definition) is 3. The number of halogens is 1. The predicted molar refractivity (Wildman–Crippen MR) is 65.3 cm³/mol. The molecule has 3 nitrogen and oxygen atoms in total. The maximum atomic E-state index is 11.7. The van der Waals surface area contributed by atoms with Gasteiger partial charge in [0.2, 0.25) is 0 Å². The van der Waals surface area contributed by atoms with Crippen molar-refractivity contribution in [1.82, 2.24) is 4.90 Å². The molecule has 86 valence electrons. The summed E-state index contributed by atoms with van der Waals surface area (Å²) in [6.45, 7) is 4.55. The van der Waals surface area contributed by atoms with Crippen LogP contribution in [0.1, 0.15) is 24.3 Å². The van der Waals surface area contributed by atoms with Crippen molar-refractivity contribution < 1.29 is 9.53 Å². The third kappa shape index (κ3) is 1.83. The molecular formula is C11H12ClNO2S. The van der Waals surface area contributed by atoms with E-state index in [1.54, 1.807) is 23.2 Å². The Labute approximate surface area is 103 Å². The Hall–Kier alpha value is -1.00. The molecule has 0 N–H and O–H groups in total. The molecule has 1 aliphatic rings. The molecule has 1 amide bonds. The summed E-state index contributed by atoms with van der Waals surface area (Å²) in [7, 11) is 0. The number of fused-ring (bicyclic) bond motifs is 1. The van der Waals surface area contributed by atoms with Gasteiger partial charge in [-0.05, 0) is 25.3 Å². The van der Waals surface area contributed by atoms with Gasteiger partial charge >= 0.3 is 6.09 Å². The lowest BCUT2D eigenvalue weighted by Crippen LogP contribution is -2.31. The number of thiophene rings is 1. The number of carbonyl (C=O) groups is 1. The third-order valence-corrected chi connectivity index (χ3v) is 3.88. The topological polar surface area (TPSA) is 29.5 Å². The lowest BCUT2D eigenvalue weighted by molar-refractivity contribution is 0.116. The Morgan fingerprint density at radius 3 is 3.12 bits per heavy atom. The van der Waals surface area contributed by atoms with Crippen LogP contribution in [-0.4, -0.2) is 17.6 Å². The Bertz CT molecular complexity index is 453. The molecule has 0 saturated heterocycles. The van der Waals surface area contributed by atoms with E-state index in [0.29, 0.717) is 18.2 Å². The van der Waals surface area contributed by atoms with Gasteiger partial charge in [0.05, 0.1) is 18.2 Å². The molecule has 0 aliphatic carbocycles. The molecule has 1 aromatic heterocycles. The first-order valence-corrected chi connectivity index (χ1v) is 6.28. The minimum atomic E-state index is -0.336. The Morgan fingerprint density at radius 2 is 2.44 bits per heavy atom. The van der Waals surface area contributed by atoms with E-state index in [-0.39, 0.29) is 6.09 Å². The molecule has 0 spiro atoms. The maximum absolute atomic E-state index is 11.7. The van der Waals surface area contributed by atoms with E-state index < -0.39 is 0 Å². The van der Waals surface area contributed by atoms with Crippen LogP contribution in [0.3, 0.4) is 0 Å². The third-order valence-electron chi connectivity index (χ3n) is 2.49. The highest BCUT2D eigenvalue weighted by molar-refractivity contribution is 7.10. The smallest absolute Gasteiger partial charge is 0.414 e. The lowest BCUT2D eigenvalue weighted by Gasteiger charge is -2.27. The SMILES string of the molecule is CCOC(=O)N1Cc2sccc2C(Cl)=C1C. The molecule has 2 rings (SSSR count). The monoisotopic (exact) mass is 257 g/mol. The molecule has 1 aromatic rings. The van der Waals surface area contributed by atoms with Crippen molar-refractivity contribution >= 4 is 34.1 Å². The second-order valence-corrected chi connectivity index (χ2v) is 4.82. The van der Waals surface area contributed by atoms with Gasteiger partial charge in [0.25, 0.3) is 0 Å². The summed E-state index contributed by atoms with van der Waals surface area (Å²) in [4.78, 5) is 14.4. The Kier molecular flexibility index (Phi) is 3.21. The number of rotatable bonds is 1. The molecular weight excluding hydrogens is 246 g/mol. The highest BCUT2D eigenvalue weighted by atomic mass is 35.5. The van der Waals surface area contributed by atoms with Crippen molar-refractivity contribution in [2.45, 2.75) is 20.4 Å². The van der Waals surface area contributed by atoms with Crippen molar-refractivity contribution in [3.05, 3.63) is 27.6 Å². The fourth-order valence-corrected chi connectivity index (χ4v) is 2.84. The minimum absolute atomic E-state index is 0.336. The van der Waals surface area contributed by atoms with E-state index in [9.17, 15) is 4.79 Å². The maximum Gasteiger partial charge on any atom is 0.414 e. The normalized spacial score (nSPS) is 15.1. The van der Waals surface area contributed by atoms with Crippen LogP contribution < -0.4 is 0 Å². The molecule has 0 bridgehead atoms. The molecule has 0 atom stereocenters. The number of hydrogen-bond donors (Lipinski definition) is 0. The average Bonchev–Trinajstić information content (AvgIpc) is 2.71. The standard InChI is InChI=1S/C11H12ClNO2S/c1-3-15-11(14)13-6-9-8(4-5-16-9)10(12)7(13)2/h4-5H,3,6H2,1-2H3. The van der Waals surface area contributed by atoms with Crippen molar-refractivity contribution in [1.29, 1.82) is 0 Å². The summed E-state index contributed by atoms with van der Waals surface area (Å²) in [6.07, 6.45) is -0.336. The van der Waals surface area contributed by atoms with Gasteiger partial charge in [0.15, 0.2) is 0 Å². The lowest BCUT2D eigenvalue weighted by atomic mass is 10.1. The first kappa shape index (κ1) is 11.5.